The van der Waals surface area contributed by atoms with Crippen molar-refractivity contribution < 1.29 is 0 Å². The van der Waals surface area contributed by atoms with Crippen molar-refractivity contribution in [1.29, 1.82) is 0 Å². The van der Waals surface area contributed by atoms with E-state index in [-0.39, 0.29) is 0 Å². The van der Waals surface area contributed by atoms with Crippen molar-refractivity contribution in [3.63, 3.8) is 0 Å². The number of hydrogen-bond acceptors (Lipinski definition) is 4. The number of aryl methyl sites for hydroxylation is 1. The first-order chi connectivity index (χ1) is 11.7. The van der Waals surface area contributed by atoms with Gasteiger partial charge in [-0.1, -0.05) is 12.1 Å². The highest BCUT2D eigenvalue weighted by Gasteiger charge is 2.41. The average Bonchev–Trinajstić information content (AvgIpc) is 3.19. The van der Waals surface area contributed by atoms with Gasteiger partial charge in [-0.05, 0) is 68.3 Å². The van der Waals surface area contributed by atoms with Crippen LogP contribution in [0.3, 0.4) is 0 Å². The summed E-state index contributed by atoms with van der Waals surface area (Å²) in [6, 6.07) is 10.8. The van der Waals surface area contributed by atoms with Crippen LogP contribution in [-0.4, -0.2) is 41.0 Å². The first-order valence-electron chi connectivity index (χ1n) is 9.11. The lowest BCUT2D eigenvalue weighted by Crippen LogP contribution is -2.44. The molecule has 0 radical (unpaired) electrons. The zero-order chi connectivity index (χ0) is 16.4. The third-order valence-electron chi connectivity index (χ3n) is 5.55. The van der Waals surface area contributed by atoms with E-state index >= 15 is 0 Å². The lowest BCUT2D eigenvalue weighted by Gasteiger charge is -2.40. The largest absolute Gasteiger partial charge is 0.298 e. The average molecular weight is 342 g/mol. The zero-order valence-electron chi connectivity index (χ0n) is 14.6. The van der Waals surface area contributed by atoms with Gasteiger partial charge in [0.25, 0.3) is 0 Å². The van der Waals surface area contributed by atoms with Gasteiger partial charge in [-0.3, -0.25) is 14.8 Å². The standard InChI is InChI=1S/C20H27N3S/c1-17-5-2-6-18(21-17)13-22-10-4-8-20(15-22)9-11-23(16-20)14-19-7-3-12-24-19/h2-3,5-7,12H,4,8-11,13-16H2,1H3/t20-/m0/s1. The van der Waals surface area contributed by atoms with E-state index in [1.54, 1.807) is 0 Å². The fourth-order valence-electron chi connectivity index (χ4n) is 4.48. The maximum absolute atomic E-state index is 4.70. The fraction of sp³-hybridized carbons (Fsp3) is 0.550. The lowest BCUT2D eigenvalue weighted by molar-refractivity contribution is 0.0858. The fourth-order valence-corrected chi connectivity index (χ4v) is 5.23. The second-order valence-corrected chi connectivity index (χ2v) is 8.66. The SMILES string of the molecule is Cc1cccc(CN2CCC[C@]3(CCN(Cc4cccs4)C3)C2)n1. The van der Waals surface area contributed by atoms with Gasteiger partial charge in [0.1, 0.15) is 0 Å². The molecule has 2 fully saturated rings. The number of likely N-dealkylation sites (tertiary alicyclic amines) is 2. The molecule has 0 N–H and O–H groups in total. The topological polar surface area (TPSA) is 19.4 Å². The van der Waals surface area contributed by atoms with Gasteiger partial charge < -0.3 is 0 Å². The third kappa shape index (κ3) is 3.71. The van der Waals surface area contributed by atoms with Crippen LogP contribution in [0.15, 0.2) is 35.7 Å². The van der Waals surface area contributed by atoms with Crippen LogP contribution in [0.2, 0.25) is 0 Å². The second-order valence-electron chi connectivity index (χ2n) is 7.62. The van der Waals surface area contributed by atoms with Gasteiger partial charge in [-0.2, -0.15) is 0 Å². The number of aromatic nitrogens is 1. The maximum Gasteiger partial charge on any atom is 0.0547 e. The molecule has 0 aliphatic carbocycles. The summed E-state index contributed by atoms with van der Waals surface area (Å²) in [7, 11) is 0. The number of rotatable bonds is 4. The highest BCUT2D eigenvalue weighted by atomic mass is 32.1. The van der Waals surface area contributed by atoms with Crippen LogP contribution >= 0.6 is 11.3 Å². The second kappa shape index (κ2) is 6.95. The molecule has 0 bridgehead atoms. The molecule has 4 heteroatoms. The molecule has 1 spiro atoms. The Morgan fingerprint density at radius 2 is 1.92 bits per heavy atom. The van der Waals surface area contributed by atoms with Crippen LogP contribution in [0, 0.1) is 12.3 Å². The van der Waals surface area contributed by atoms with E-state index in [0.717, 1.165) is 18.8 Å². The molecular formula is C20H27N3S. The summed E-state index contributed by atoms with van der Waals surface area (Å²) in [5.41, 5.74) is 2.86. The van der Waals surface area contributed by atoms with E-state index in [4.69, 9.17) is 4.98 Å². The molecule has 4 rings (SSSR count). The quantitative estimate of drug-likeness (QED) is 0.840. The van der Waals surface area contributed by atoms with Crippen LogP contribution in [0.4, 0.5) is 0 Å². The van der Waals surface area contributed by atoms with Gasteiger partial charge in [0.15, 0.2) is 0 Å². The van der Waals surface area contributed by atoms with Crippen molar-refractivity contribution in [3.8, 4) is 0 Å². The molecule has 3 nitrogen and oxygen atoms in total. The minimum Gasteiger partial charge on any atom is -0.298 e. The number of piperidine rings is 1. The lowest BCUT2D eigenvalue weighted by atomic mass is 9.79. The minimum atomic E-state index is 0.513. The first kappa shape index (κ1) is 16.2. The molecule has 24 heavy (non-hydrogen) atoms. The predicted octanol–water partition coefficient (Wildman–Crippen LogP) is 3.94. The van der Waals surface area contributed by atoms with E-state index in [2.05, 4.69) is 52.4 Å². The number of hydrogen-bond donors (Lipinski definition) is 0. The summed E-state index contributed by atoms with van der Waals surface area (Å²) in [5.74, 6) is 0. The Balaban J connectivity index is 1.37. The molecule has 2 aliphatic rings. The Hall–Kier alpha value is -1.23. The Bertz CT molecular complexity index is 669. The van der Waals surface area contributed by atoms with Gasteiger partial charge in [0.05, 0.1) is 5.69 Å². The highest BCUT2D eigenvalue weighted by molar-refractivity contribution is 7.09. The molecule has 0 aromatic carbocycles. The normalized spacial score (nSPS) is 25.5. The molecule has 0 amide bonds. The summed E-state index contributed by atoms with van der Waals surface area (Å²) in [6.45, 7) is 9.22. The van der Waals surface area contributed by atoms with Gasteiger partial charge in [0.2, 0.25) is 0 Å². The summed E-state index contributed by atoms with van der Waals surface area (Å²) in [4.78, 5) is 11.5. The maximum atomic E-state index is 4.70. The number of thiophene rings is 1. The molecular weight excluding hydrogens is 314 g/mol. The van der Waals surface area contributed by atoms with Gasteiger partial charge in [0, 0.05) is 36.8 Å². The summed E-state index contributed by atoms with van der Waals surface area (Å²) < 4.78 is 0. The zero-order valence-corrected chi connectivity index (χ0v) is 15.4. The van der Waals surface area contributed by atoms with Crippen molar-refractivity contribution in [2.45, 2.75) is 39.3 Å². The van der Waals surface area contributed by atoms with Crippen LogP contribution in [0.1, 0.15) is 35.5 Å². The predicted molar refractivity (Wildman–Crippen MR) is 100 cm³/mol. The van der Waals surface area contributed by atoms with E-state index in [9.17, 15) is 0 Å². The Labute approximate surface area is 149 Å². The smallest absolute Gasteiger partial charge is 0.0547 e. The van der Waals surface area contributed by atoms with Crippen molar-refractivity contribution >= 4 is 11.3 Å². The van der Waals surface area contributed by atoms with Crippen molar-refractivity contribution in [1.82, 2.24) is 14.8 Å². The molecule has 1 atom stereocenters. The third-order valence-corrected chi connectivity index (χ3v) is 6.41. The van der Waals surface area contributed by atoms with E-state index in [1.165, 1.54) is 56.0 Å². The molecule has 128 valence electrons. The monoisotopic (exact) mass is 341 g/mol. The molecule has 0 unspecified atom stereocenters. The van der Waals surface area contributed by atoms with Crippen LogP contribution in [0.25, 0.3) is 0 Å². The number of pyridine rings is 1. The summed E-state index contributed by atoms with van der Waals surface area (Å²) in [5, 5.41) is 2.19. The number of nitrogens with zero attached hydrogens (tertiary/aromatic N) is 3. The van der Waals surface area contributed by atoms with Crippen molar-refractivity contribution in [2.75, 3.05) is 26.2 Å². The van der Waals surface area contributed by atoms with E-state index < -0.39 is 0 Å². The van der Waals surface area contributed by atoms with E-state index in [0.29, 0.717) is 5.41 Å². The van der Waals surface area contributed by atoms with Gasteiger partial charge in [-0.25, -0.2) is 0 Å². The minimum absolute atomic E-state index is 0.513. The Morgan fingerprint density at radius 3 is 2.71 bits per heavy atom. The first-order valence-corrected chi connectivity index (χ1v) is 9.98. The van der Waals surface area contributed by atoms with Gasteiger partial charge >= 0.3 is 0 Å². The highest BCUT2D eigenvalue weighted by Crippen LogP contribution is 2.39. The Morgan fingerprint density at radius 1 is 1.04 bits per heavy atom. The molecule has 0 saturated carbocycles. The van der Waals surface area contributed by atoms with Crippen LogP contribution in [-0.2, 0) is 13.1 Å². The molecule has 4 heterocycles. The van der Waals surface area contributed by atoms with E-state index in [1.807, 2.05) is 11.3 Å². The molecule has 2 aromatic heterocycles. The summed E-state index contributed by atoms with van der Waals surface area (Å²) >= 11 is 1.89. The summed E-state index contributed by atoms with van der Waals surface area (Å²) in [6.07, 6.45) is 4.08. The van der Waals surface area contributed by atoms with Crippen molar-refractivity contribution in [2.24, 2.45) is 5.41 Å². The Kier molecular flexibility index (Phi) is 4.70. The van der Waals surface area contributed by atoms with Crippen LogP contribution in [0.5, 0.6) is 0 Å². The molecule has 2 aliphatic heterocycles. The molecule has 2 aromatic rings. The van der Waals surface area contributed by atoms with Crippen molar-refractivity contribution in [3.05, 3.63) is 52.0 Å². The van der Waals surface area contributed by atoms with Crippen LogP contribution < -0.4 is 0 Å². The van der Waals surface area contributed by atoms with Gasteiger partial charge in [-0.15, -0.1) is 11.3 Å². The molecule has 2 saturated heterocycles.